The van der Waals surface area contributed by atoms with Crippen LogP contribution < -0.4 is 16.0 Å². The number of amides is 1. The second kappa shape index (κ2) is 10.8. The van der Waals surface area contributed by atoms with Gasteiger partial charge in [-0.1, -0.05) is 19.3 Å². The molecule has 1 saturated heterocycles. The molecule has 3 N–H and O–H groups in total. The lowest BCUT2D eigenvalue weighted by molar-refractivity contribution is 0.0909. The number of nitrogens with zero attached hydrogens (tertiary/aromatic N) is 3. The van der Waals surface area contributed by atoms with Crippen molar-refractivity contribution in [2.75, 3.05) is 24.5 Å². The summed E-state index contributed by atoms with van der Waals surface area (Å²) in [5.41, 5.74) is 6.26. The van der Waals surface area contributed by atoms with Crippen LogP contribution in [0.1, 0.15) is 55.4 Å². The van der Waals surface area contributed by atoms with Crippen molar-refractivity contribution in [2.45, 2.75) is 51.0 Å². The van der Waals surface area contributed by atoms with E-state index in [0.29, 0.717) is 18.2 Å². The fraction of sp³-hybridized carbons (Fsp3) is 0.706. The minimum Gasteiger partial charge on any atom is -0.355 e. The summed E-state index contributed by atoms with van der Waals surface area (Å²) in [5.74, 6) is 1.20. The minimum absolute atomic E-state index is 0. The van der Waals surface area contributed by atoms with E-state index < -0.39 is 0 Å². The highest BCUT2D eigenvalue weighted by Gasteiger charge is 2.25. The molecule has 1 amide bonds. The number of halogens is 2. The third kappa shape index (κ3) is 5.69. The van der Waals surface area contributed by atoms with Gasteiger partial charge in [-0.25, -0.2) is 0 Å². The molecular weight excluding hydrogens is 361 g/mol. The van der Waals surface area contributed by atoms with Crippen LogP contribution in [-0.4, -0.2) is 41.8 Å². The monoisotopic (exact) mass is 389 g/mol. The van der Waals surface area contributed by atoms with Crippen molar-refractivity contribution in [1.29, 1.82) is 0 Å². The van der Waals surface area contributed by atoms with Gasteiger partial charge in [-0.15, -0.1) is 35.0 Å². The van der Waals surface area contributed by atoms with Gasteiger partial charge >= 0.3 is 0 Å². The molecule has 0 radical (unpaired) electrons. The van der Waals surface area contributed by atoms with Crippen LogP contribution in [-0.2, 0) is 0 Å². The van der Waals surface area contributed by atoms with Crippen LogP contribution in [0.4, 0.5) is 5.82 Å². The van der Waals surface area contributed by atoms with Crippen molar-refractivity contribution in [2.24, 2.45) is 11.7 Å². The van der Waals surface area contributed by atoms with Gasteiger partial charge in [0.1, 0.15) is 0 Å². The first-order chi connectivity index (χ1) is 11.3. The van der Waals surface area contributed by atoms with Gasteiger partial charge in [-0.2, -0.15) is 0 Å². The van der Waals surface area contributed by atoms with E-state index in [1.807, 2.05) is 6.07 Å². The number of nitrogens with two attached hydrogens (primary N) is 1. The Hall–Kier alpha value is -1.11. The first-order valence-corrected chi connectivity index (χ1v) is 8.87. The molecule has 1 aromatic rings. The third-order valence-corrected chi connectivity index (χ3v) is 5.10. The maximum Gasteiger partial charge on any atom is 0.272 e. The van der Waals surface area contributed by atoms with Gasteiger partial charge < -0.3 is 16.0 Å². The fourth-order valence-corrected chi connectivity index (χ4v) is 3.71. The second-order valence-corrected chi connectivity index (χ2v) is 6.68. The van der Waals surface area contributed by atoms with E-state index in [1.165, 1.54) is 32.1 Å². The molecule has 25 heavy (non-hydrogen) atoms. The van der Waals surface area contributed by atoms with Crippen molar-refractivity contribution in [3.8, 4) is 0 Å². The van der Waals surface area contributed by atoms with Crippen LogP contribution in [0.3, 0.4) is 0 Å². The minimum atomic E-state index is -0.161. The van der Waals surface area contributed by atoms with Gasteiger partial charge in [0.2, 0.25) is 0 Å². The molecule has 0 aromatic carbocycles. The number of carbonyl (C=O) groups is 1. The zero-order chi connectivity index (χ0) is 16.1. The van der Waals surface area contributed by atoms with E-state index in [9.17, 15) is 4.79 Å². The van der Waals surface area contributed by atoms with Crippen LogP contribution in [0.15, 0.2) is 12.1 Å². The van der Waals surface area contributed by atoms with Crippen molar-refractivity contribution in [3.63, 3.8) is 0 Å². The lowest BCUT2D eigenvalue weighted by Crippen LogP contribution is -2.46. The maximum absolute atomic E-state index is 12.4. The molecule has 1 atom stereocenters. The number of carbonyl (C=O) groups excluding carboxylic acids is 1. The number of hydrogen-bond acceptors (Lipinski definition) is 5. The van der Waals surface area contributed by atoms with Gasteiger partial charge in [-0.05, 0) is 43.7 Å². The van der Waals surface area contributed by atoms with Crippen LogP contribution in [0, 0.1) is 5.92 Å². The van der Waals surface area contributed by atoms with Crippen LogP contribution in [0.2, 0.25) is 0 Å². The Morgan fingerprint density at radius 2 is 1.80 bits per heavy atom. The number of hydrogen-bond donors (Lipinski definition) is 2. The Labute approximate surface area is 162 Å². The lowest BCUT2D eigenvalue weighted by Gasteiger charge is -2.29. The number of aromatic nitrogens is 2. The summed E-state index contributed by atoms with van der Waals surface area (Å²) in [6, 6.07) is 3.71. The zero-order valence-corrected chi connectivity index (χ0v) is 16.2. The summed E-state index contributed by atoms with van der Waals surface area (Å²) in [6.07, 6.45) is 8.48. The lowest BCUT2D eigenvalue weighted by atomic mass is 9.84. The number of nitrogens with one attached hydrogen (secondary N) is 1. The van der Waals surface area contributed by atoms with E-state index in [0.717, 1.165) is 31.7 Å². The molecule has 1 unspecified atom stereocenters. The molecule has 0 spiro atoms. The van der Waals surface area contributed by atoms with Crippen molar-refractivity contribution >= 4 is 36.5 Å². The molecule has 1 saturated carbocycles. The van der Waals surface area contributed by atoms with E-state index in [1.54, 1.807) is 6.07 Å². The smallest absolute Gasteiger partial charge is 0.272 e. The largest absolute Gasteiger partial charge is 0.355 e. The molecule has 6 nitrogen and oxygen atoms in total. The van der Waals surface area contributed by atoms with Crippen molar-refractivity contribution in [3.05, 3.63) is 17.8 Å². The molecule has 2 heterocycles. The molecule has 2 aliphatic rings. The zero-order valence-electron chi connectivity index (χ0n) is 14.5. The number of anilines is 1. The number of rotatable bonds is 5. The van der Waals surface area contributed by atoms with Gasteiger partial charge in [0, 0.05) is 25.7 Å². The summed E-state index contributed by atoms with van der Waals surface area (Å²) in [4.78, 5) is 14.6. The predicted octanol–water partition coefficient (Wildman–Crippen LogP) is 2.56. The van der Waals surface area contributed by atoms with Crippen LogP contribution >= 0.6 is 24.8 Å². The van der Waals surface area contributed by atoms with Crippen molar-refractivity contribution in [1.82, 2.24) is 15.5 Å². The van der Waals surface area contributed by atoms with Gasteiger partial charge in [-0.3, -0.25) is 4.79 Å². The molecule has 2 fully saturated rings. The molecule has 142 valence electrons. The quantitative estimate of drug-likeness (QED) is 0.807. The third-order valence-electron chi connectivity index (χ3n) is 5.10. The first-order valence-electron chi connectivity index (χ1n) is 8.87. The molecule has 3 rings (SSSR count). The average Bonchev–Trinajstić information content (AvgIpc) is 3.15. The molecule has 1 aromatic heterocycles. The normalized spacial score (nSPS) is 18.8. The van der Waals surface area contributed by atoms with Gasteiger partial charge in [0.25, 0.3) is 5.91 Å². The topological polar surface area (TPSA) is 84.1 Å². The Morgan fingerprint density at radius 3 is 2.36 bits per heavy atom. The SMILES string of the molecule is Cl.Cl.NCC(NC(=O)c1ccc(N2CCCC2)nn1)C1CCCCC1. The van der Waals surface area contributed by atoms with E-state index >= 15 is 0 Å². The summed E-state index contributed by atoms with van der Waals surface area (Å²) < 4.78 is 0. The van der Waals surface area contributed by atoms with Crippen LogP contribution in [0.25, 0.3) is 0 Å². The van der Waals surface area contributed by atoms with E-state index in [4.69, 9.17) is 5.73 Å². The van der Waals surface area contributed by atoms with Crippen molar-refractivity contribution < 1.29 is 4.79 Å². The second-order valence-electron chi connectivity index (χ2n) is 6.68. The molecule has 1 aliphatic carbocycles. The highest BCUT2D eigenvalue weighted by atomic mass is 35.5. The molecular formula is C17H29Cl2N5O. The molecule has 8 heteroatoms. The van der Waals surface area contributed by atoms with E-state index in [2.05, 4.69) is 20.4 Å². The first kappa shape index (κ1) is 21.9. The Bertz CT molecular complexity index is 516. The maximum atomic E-state index is 12.4. The highest BCUT2D eigenvalue weighted by Crippen LogP contribution is 2.26. The standard InChI is InChI=1S/C17H27N5O.2ClH/c18-12-15(13-6-2-1-3-7-13)19-17(23)14-8-9-16(21-20-14)22-10-4-5-11-22;;/h8-9,13,15H,1-7,10-12,18H2,(H,19,23);2*1H. The summed E-state index contributed by atoms with van der Waals surface area (Å²) >= 11 is 0. The Kier molecular flexibility index (Phi) is 9.46. The summed E-state index contributed by atoms with van der Waals surface area (Å²) in [7, 11) is 0. The van der Waals surface area contributed by atoms with Crippen LogP contribution in [0.5, 0.6) is 0 Å². The Morgan fingerprint density at radius 1 is 1.12 bits per heavy atom. The molecule has 0 bridgehead atoms. The van der Waals surface area contributed by atoms with Gasteiger partial charge in [0.15, 0.2) is 11.5 Å². The summed E-state index contributed by atoms with van der Waals surface area (Å²) in [5, 5.41) is 11.4. The van der Waals surface area contributed by atoms with Gasteiger partial charge in [0.05, 0.1) is 0 Å². The average molecular weight is 390 g/mol. The Balaban J connectivity index is 0.00000156. The van der Waals surface area contributed by atoms with E-state index in [-0.39, 0.29) is 36.8 Å². The highest BCUT2D eigenvalue weighted by molar-refractivity contribution is 5.92. The summed E-state index contributed by atoms with van der Waals surface area (Å²) in [6.45, 7) is 2.53. The molecule has 1 aliphatic heterocycles. The predicted molar refractivity (Wildman–Crippen MR) is 105 cm³/mol. The fourth-order valence-electron chi connectivity index (χ4n) is 3.71.